The smallest absolute Gasteiger partial charge is 0.213 e. The first-order valence-electron chi connectivity index (χ1n) is 6.68. The van der Waals surface area contributed by atoms with E-state index in [4.69, 9.17) is 27.6 Å². The van der Waals surface area contributed by atoms with E-state index in [-0.39, 0.29) is 0 Å². The zero-order valence-corrected chi connectivity index (χ0v) is 13.5. The van der Waals surface area contributed by atoms with E-state index in [1.807, 2.05) is 12.1 Å². The SMILES string of the molecule is [C-]#[N+]c1ccc(Cl)cc1N=C=NCc1ccc(OC)cc1OC. The molecule has 0 aliphatic rings. The third-order valence-electron chi connectivity index (χ3n) is 3.04. The predicted octanol–water partition coefficient (Wildman–Crippen LogP) is 4.91. The molecule has 0 saturated heterocycles. The number of aliphatic imine (C=N–C) groups is 2. The molecule has 2 aromatic carbocycles. The van der Waals surface area contributed by atoms with Gasteiger partial charge in [-0.2, -0.15) is 4.99 Å². The first kappa shape index (κ1) is 16.6. The minimum absolute atomic E-state index is 0.352. The van der Waals surface area contributed by atoms with Gasteiger partial charge in [0.15, 0.2) is 0 Å². The highest BCUT2D eigenvalue weighted by atomic mass is 35.5. The average molecular weight is 328 g/mol. The number of hydrogen-bond acceptors (Lipinski definition) is 4. The summed E-state index contributed by atoms with van der Waals surface area (Å²) in [4.78, 5) is 11.6. The lowest BCUT2D eigenvalue weighted by atomic mass is 10.2. The van der Waals surface area contributed by atoms with Gasteiger partial charge in [0.05, 0.1) is 39.0 Å². The van der Waals surface area contributed by atoms with Gasteiger partial charge in [0, 0.05) is 16.7 Å². The Labute approximate surface area is 139 Å². The summed E-state index contributed by atoms with van der Waals surface area (Å²) in [7, 11) is 3.18. The molecule has 0 aliphatic carbocycles. The second-order valence-electron chi connectivity index (χ2n) is 4.45. The van der Waals surface area contributed by atoms with Gasteiger partial charge < -0.3 is 9.47 Å². The number of methoxy groups -OCH3 is 2. The molecular weight excluding hydrogens is 314 g/mol. The van der Waals surface area contributed by atoms with Crippen LogP contribution in [0.3, 0.4) is 0 Å². The summed E-state index contributed by atoms with van der Waals surface area (Å²) < 4.78 is 10.4. The third-order valence-corrected chi connectivity index (χ3v) is 3.28. The van der Waals surface area contributed by atoms with Crippen LogP contribution in [0.25, 0.3) is 4.85 Å². The minimum atomic E-state index is 0.352. The number of halogens is 1. The molecule has 0 aromatic heterocycles. The lowest BCUT2D eigenvalue weighted by molar-refractivity contribution is 0.391. The first-order chi connectivity index (χ1) is 11.2. The van der Waals surface area contributed by atoms with Crippen LogP contribution in [-0.4, -0.2) is 20.2 Å². The molecule has 2 aromatic rings. The molecule has 0 heterocycles. The van der Waals surface area contributed by atoms with Gasteiger partial charge >= 0.3 is 0 Å². The van der Waals surface area contributed by atoms with Crippen LogP contribution in [0.5, 0.6) is 11.5 Å². The predicted molar refractivity (Wildman–Crippen MR) is 90.5 cm³/mol. The van der Waals surface area contributed by atoms with Crippen LogP contribution in [0.4, 0.5) is 11.4 Å². The van der Waals surface area contributed by atoms with E-state index in [0.717, 1.165) is 5.56 Å². The summed E-state index contributed by atoms with van der Waals surface area (Å²) in [6.45, 7) is 7.45. The molecule has 2 rings (SSSR count). The maximum Gasteiger partial charge on any atom is 0.213 e. The van der Waals surface area contributed by atoms with Crippen LogP contribution in [-0.2, 0) is 6.54 Å². The number of benzene rings is 2. The van der Waals surface area contributed by atoms with Crippen molar-refractivity contribution in [3.8, 4) is 11.5 Å². The summed E-state index contributed by atoms with van der Waals surface area (Å²) in [6.07, 6.45) is 0. The molecule has 0 radical (unpaired) electrons. The number of nitrogens with zero attached hydrogens (tertiary/aromatic N) is 3. The monoisotopic (exact) mass is 327 g/mol. The quantitative estimate of drug-likeness (QED) is 0.578. The topological polar surface area (TPSA) is 47.5 Å². The summed E-state index contributed by atoms with van der Waals surface area (Å²) in [5, 5.41) is 0.509. The van der Waals surface area contributed by atoms with Gasteiger partial charge in [-0.3, -0.25) is 0 Å². The van der Waals surface area contributed by atoms with E-state index < -0.39 is 0 Å². The van der Waals surface area contributed by atoms with Crippen molar-refractivity contribution < 1.29 is 9.47 Å². The zero-order chi connectivity index (χ0) is 16.7. The van der Waals surface area contributed by atoms with Crippen LogP contribution < -0.4 is 9.47 Å². The van der Waals surface area contributed by atoms with Gasteiger partial charge in [-0.05, 0) is 18.2 Å². The highest BCUT2D eigenvalue weighted by Gasteiger charge is 2.04. The molecule has 0 N–H and O–H groups in total. The molecule has 0 spiro atoms. The summed E-state index contributed by atoms with van der Waals surface area (Å²) in [5.41, 5.74) is 1.73. The van der Waals surface area contributed by atoms with Crippen molar-refractivity contribution >= 4 is 29.0 Å². The van der Waals surface area contributed by atoms with Gasteiger partial charge in [-0.15, -0.1) is 0 Å². The fourth-order valence-electron chi connectivity index (χ4n) is 1.87. The van der Waals surface area contributed by atoms with Crippen molar-refractivity contribution in [2.45, 2.75) is 6.54 Å². The van der Waals surface area contributed by atoms with Gasteiger partial charge in [0.25, 0.3) is 0 Å². The zero-order valence-electron chi connectivity index (χ0n) is 12.7. The van der Waals surface area contributed by atoms with Crippen LogP contribution in [0.1, 0.15) is 5.56 Å². The van der Waals surface area contributed by atoms with Crippen molar-refractivity contribution in [2.75, 3.05) is 14.2 Å². The third kappa shape index (κ3) is 4.33. The van der Waals surface area contributed by atoms with E-state index in [1.165, 1.54) is 0 Å². The number of ether oxygens (including phenoxy) is 2. The summed E-state index contributed by atoms with van der Waals surface area (Å²) in [5.74, 6) is 1.39. The normalized spacial score (nSPS) is 9.48. The van der Waals surface area contributed by atoms with E-state index in [9.17, 15) is 0 Å². The van der Waals surface area contributed by atoms with Crippen LogP contribution in [0, 0.1) is 6.57 Å². The Morgan fingerprint density at radius 2 is 2.00 bits per heavy atom. The van der Waals surface area contributed by atoms with Crippen LogP contribution in [0.15, 0.2) is 46.4 Å². The standard InChI is InChI=1S/C17H14ClN3O2/c1-19-15-7-5-13(18)8-16(15)21-11-20-10-12-4-6-14(22-2)9-17(12)23-3/h4-9H,10H2,2-3H3. The van der Waals surface area contributed by atoms with E-state index in [0.29, 0.717) is 34.4 Å². The van der Waals surface area contributed by atoms with E-state index >= 15 is 0 Å². The maximum atomic E-state index is 7.10. The molecule has 5 nitrogen and oxygen atoms in total. The number of hydrogen-bond donors (Lipinski definition) is 0. The van der Waals surface area contributed by atoms with E-state index in [1.54, 1.807) is 38.5 Å². The van der Waals surface area contributed by atoms with Crippen molar-refractivity contribution in [1.82, 2.24) is 0 Å². The fourth-order valence-corrected chi connectivity index (χ4v) is 2.04. The molecular formula is C17H14ClN3O2. The van der Waals surface area contributed by atoms with Crippen molar-refractivity contribution in [2.24, 2.45) is 9.98 Å². The Kier molecular flexibility index (Phi) is 5.76. The Balaban J connectivity index is 2.19. The van der Waals surface area contributed by atoms with Crippen molar-refractivity contribution in [3.05, 3.63) is 58.4 Å². The highest BCUT2D eigenvalue weighted by molar-refractivity contribution is 6.31. The van der Waals surface area contributed by atoms with Crippen molar-refractivity contribution in [1.29, 1.82) is 0 Å². The van der Waals surface area contributed by atoms with Crippen molar-refractivity contribution in [3.63, 3.8) is 0 Å². The van der Waals surface area contributed by atoms with Gasteiger partial charge in [-0.1, -0.05) is 23.7 Å². The molecule has 0 amide bonds. The lowest BCUT2D eigenvalue weighted by Crippen LogP contribution is -1.92. The summed E-state index contributed by atoms with van der Waals surface area (Å²) in [6, 6.07) is 12.9. The second kappa shape index (κ2) is 8.00. The largest absolute Gasteiger partial charge is 0.497 e. The molecule has 0 atom stereocenters. The Morgan fingerprint density at radius 1 is 1.17 bits per heavy atom. The molecule has 0 saturated carbocycles. The first-order valence-corrected chi connectivity index (χ1v) is 7.06. The fraction of sp³-hybridized carbons (Fsp3) is 0.176. The molecule has 6 heteroatoms. The highest BCUT2D eigenvalue weighted by Crippen LogP contribution is 2.30. The van der Waals surface area contributed by atoms with E-state index in [2.05, 4.69) is 20.8 Å². The Hall–Kier alpha value is -2.80. The van der Waals surface area contributed by atoms with Crippen LogP contribution in [0.2, 0.25) is 5.02 Å². The molecule has 0 unspecified atom stereocenters. The second-order valence-corrected chi connectivity index (χ2v) is 4.89. The molecule has 116 valence electrons. The molecule has 0 bridgehead atoms. The van der Waals surface area contributed by atoms with Gasteiger partial charge in [0.2, 0.25) is 5.69 Å². The molecule has 0 aliphatic heterocycles. The van der Waals surface area contributed by atoms with Crippen LogP contribution >= 0.6 is 11.6 Å². The lowest BCUT2D eigenvalue weighted by Gasteiger charge is -2.07. The Bertz CT molecular complexity index is 806. The van der Waals surface area contributed by atoms with Gasteiger partial charge in [0.1, 0.15) is 11.5 Å². The van der Waals surface area contributed by atoms with Gasteiger partial charge in [-0.25, -0.2) is 9.84 Å². The Morgan fingerprint density at radius 3 is 2.70 bits per heavy atom. The number of rotatable bonds is 5. The average Bonchev–Trinajstić information content (AvgIpc) is 2.58. The summed E-state index contributed by atoms with van der Waals surface area (Å²) >= 11 is 5.90. The minimum Gasteiger partial charge on any atom is -0.497 e. The molecule has 23 heavy (non-hydrogen) atoms. The maximum absolute atomic E-state index is 7.10. The molecule has 0 fully saturated rings.